The topological polar surface area (TPSA) is 42.0 Å². The predicted octanol–water partition coefficient (Wildman–Crippen LogP) is 5.00. The summed E-state index contributed by atoms with van der Waals surface area (Å²) in [7, 11) is 3.30. The quantitative estimate of drug-likeness (QED) is 0.506. The van der Waals surface area contributed by atoms with Crippen LogP contribution in [0.1, 0.15) is 35.1 Å². The Morgan fingerprint density at radius 1 is 0.971 bits per heavy atom. The highest BCUT2D eigenvalue weighted by atomic mass is 16.5. The number of likely N-dealkylation sites (tertiary alicyclic amines) is 1. The first-order valence-electron chi connectivity index (χ1n) is 12.8. The molecular formula is C30H36N2O3. The van der Waals surface area contributed by atoms with Crippen molar-refractivity contribution in [2.24, 2.45) is 5.92 Å². The van der Waals surface area contributed by atoms with Gasteiger partial charge in [-0.3, -0.25) is 9.69 Å². The van der Waals surface area contributed by atoms with E-state index in [9.17, 15) is 4.79 Å². The highest BCUT2D eigenvalue weighted by Gasteiger charge is 2.27. The Labute approximate surface area is 208 Å². The maximum Gasteiger partial charge on any atom is 0.227 e. The molecule has 5 heteroatoms. The highest BCUT2D eigenvalue weighted by molar-refractivity contribution is 5.86. The van der Waals surface area contributed by atoms with E-state index in [0.717, 1.165) is 50.5 Å². The van der Waals surface area contributed by atoms with Crippen LogP contribution < -0.4 is 9.47 Å². The molecule has 5 nitrogen and oxygen atoms in total. The van der Waals surface area contributed by atoms with Gasteiger partial charge in [-0.05, 0) is 83.8 Å². The Morgan fingerprint density at radius 3 is 2.54 bits per heavy atom. The van der Waals surface area contributed by atoms with Crippen LogP contribution in [0.25, 0.3) is 10.8 Å². The minimum absolute atomic E-state index is 0.220. The van der Waals surface area contributed by atoms with Crippen LogP contribution in [0.5, 0.6) is 11.5 Å². The van der Waals surface area contributed by atoms with Gasteiger partial charge in [0.05, 0.1) is 20.6 Å². The van der Waals surface area contributed by atoms with Crippen LogP contribution in [0.15, 0.2) is 48.5 Å². The van der Waals surface area contributed by atoms with Crippen LogP contribution in [0.2, 0.25) is 0 Å². The molecular weight excluding hydrogens is 436 g/mol. The molecule has 0 radical (unpaired) electrons. The number of hydrogen-bond donors (Lipinski definition) is 0. The lowest BCUT2D eigenvalue weighted by molar-refractivity contribution is -0.131. The smallest absolute Gasteiger partial charge is 0.227 e. The van der Waals surface area contributed by atoms with Gasteiger partial charge in [0.25, 0.3) is 0 Å². The molecule has 3 aromatic rings. The number of amides is 1. The van der Waals surface area contributed by atoms with Gasteiger partial charge < -0.3 is 14.4 Å². The Morgan fingerprint density at radius 2 is 1.74 bits per heavy atom. The Kier molecular flexibility index (Phi) is 6.96. The molecule has 1 fully saturated rings. The van der Waals surface area contributed by atoms with E-state index in [0.29, 0.717) is 18.1 Å². The van der Waals surface area contributed by atoms with Gasteiger partial charge in [-0.25, -0.2) is 0 Å². The van der Waals surface area contributed by atoms with E-state index in [-0.39, 0.29) is 5.91 Å². The number of hydrogen-bond acceptors (Lipinski definition) is 4. The molecule has 5 rings (SSSR count). The first kappa shape index (κ1) is 23.7. The second kappa shape index (κ2) is 10.3. The second-order valence-electron chi connectivity index (χ2n) is 10.1. The summed E-state index contributed by atoms with van der Waals surface area (Å²) in [6, 6.07) is 17.2. The molecule has 184 valence electrons. The van der Waals surface area contributed by atoms with Crippen LogP contribution in [0.3, 0.4) is 0 Å². The van der Waals surface area contributed by atoms with E-state index >= 15 is 0 Å². The van der Waals surface area contributed by atoms with Gasteiger partial charge in [0.2, 0.25) is 5.91 Å². The standard InChI is InChI=1S/C30H36N2O3/c1-21-10-11-23-8-4-5-9-26(23)27(21)20-31-13-6-7-22(18-31)19-32-14-12-24-15-28(34-2)29(35-3)16-25(24)17-30(32)33/h4-5,8-11,15-16,22H,6-7,12-14,17-20H2,1-3H3. The molecule has 0 saturated carbocycles. The molecule has 2 heterocycles. The molecule has 2 aliphatic heterocycles. The minimum atomic E-state index is 0.220. The van der Waals surface area contributed by atoms with E-state index in [1.54, 1.807) is 14.2 Å². The summed E-state index contributed by atoms with van der Waals surface area (Å²) in [4.78, 5) is 17.9. The summed E-state index contributed by atoms with van der Waals surface area (Å²) >= 11 is 0. The summed E-state index contributed by atoms with van der Waals surface area (Å²) < 4.78 is 11.0. The van der Waals surface area contributed by atoms with Crippen molar-refractivity contribution in [3.8, 4) is 11.5 Å². The van der Waals surface area contributed by atoms with Gasteiger partial charge in [0.15, 0.2) is 11.5 Å². The zero-order valence-electron chi connectivity index (χ0n) is 21.2. The number of methoxy groups -OCH3 is 2. The number of fused-ring (bicyclic) bond motifs is 2. The lowest BCUT2D eigenvalue weighted by Crippen LogP contribution is -2.43. The molecule has 1 unspecified atom stereocenters. The molecule has 0 bridgehead atoms. The van der Waals surface area contributed by atoms with Gasteiger partial charge >= 0.3 is 0 Å². The van der Waals surface area contributed by atoms with Crippen molar-refractivity contribution in [1.82, 2.24) is 9.80 Å². The van der Waals surface area contributed by atoms with Gasteiger partial charge in [-0.15, -0.1) is 0 Å². The fourth-order valence-electron chi connectivity index (χ4n) is 5.84. The van der Waals surface area contributed by atoms with Crippen molar-refractivity contribution in [3.63, 3.8) is 0 Å². The van der Waals surface area contributed by atoms with E-state index < -0.39 is 0 Å². The zero-order valence-corrected chi connectivity index (χ0v) is 21.2. The predicted molar refractivity (Wildman–Crippen MR) is 140 cm³/mol. The summed E-state index contributed by atoms with van der Waals surface area (Å²) in [6.45, 7) is 6.97. The molecule has 0 N–H and O–H groups in total. The van der Waals surface area contributed by atoms with Gasteiger partial charge in [-0.1, -0.05) is 36.4 Å². The lowest BCUT2D eigenvalue weighted by Gasteiger charge is -2.36. The molecule has 1 saturated heterocycles. The molecule has 1 amide bonds. The second-order valence-corrected chi connectivity index (χ2v) is 10.1. The van der Waals surface area contributed by atoms with Crippen molar-refractivity contribution < 1.29 is 14.3 Å². The lowest BCUT2D eigenvalue weighted by atomic mass is 9.94. The molecule has 0 aromatic heterocycles. The number of piperidine rings is 1. The number of aryl methyl sites for hydroxylation is 1. The van der Waals surface area contributed by atoms with Crippen LogP contribution >= 0.6 is 0 Å². The van der Waals surface area contributed by atoms with E-state index in [1.807, 2.05) is 12.1 Å². The van der Waals surface area contributed by atoms with E-state index in [2.05, 4.69) is 53.1 Å². The first-order valence-corrected chi connectivity index (χ1v) is 12.8. The Bertz CT molecular complexity index is 1220. The van der Waals surface area contributed by atoms with Crippen LogP contribution in [0.4, 0.5) is 0 Å². The number of carbonyl (C=O) groups excluding carboxylic acids is 1. The Balaban J connectivity index is 1.26. The highest BCUT2D eigenvalue weighted by Crippen LogP contribution is 2.33. The van der Waals surface area contributed by atoms with Gasteiger partial charge in [0.1, 0.15) is 0 Å². The zero-order chi connectivity index (χ0) is 24.4. The summed E-state index contributed by atoms with van der Waals surface area (Å²) in [5.41, 5.74) is 5.05. The maximum absolute atomic E-state index is 13.2. The summed E-state index contributed by atoms with van der Waals surface area (Å²) in [5, 5.41) is 2.67. The molecule has 0 spiro atoms. The van der Waals surface area contributed by atoms with Crippen LogP contribution in [0, 0.1) is 12.8 Å². The molecule has 0 aliphatic carbocycles. The van der Waals surface area contributed by atoms with Crippen LogP contribution in [-0.2, 0) is 24.2 Å². The van der Waals surface area contributed by atoms with Crippen molar-refractivity contribution in [2.75, 3.05) is 40.4 Å². The average molecular weight is 473 g/mol. The third kappa shape index (κ3) is 5.01. The molecule has 1 atom stereocenters. The normalized spacial score (nSPS) is 18.9. The monoisotopic (exact) mass is 472 g/mol. The number of carbonyl (C=O) groups is 1. The SMILES string of the molecule is COc1cc2c(cc1OC)CC(=O)N(CC1CCCN(Cc3c(C)ccc4ccccc34)C1)CC2. The van der Waals surface area contributed by atoms with Crippen molar-refractivity contribution in [2.45, 2.75) is 39.2 Å². The number of benzene rings is 3. The number of nitrogens with zero attached hydrogens (tertiary/aromatic N) is 2. The van der Waals surface area contributed by atoms with Crippen molar-refractivity contribution in [1.29, 1.82) is 0 Å². The van der Waals surface area contributed by atoms with Crippen molar-refractivity contribution >= 4 is 16.7 Å². The number of ether oxygens (including phenoxy) is 2. The summed E-state index contributed by atoms with van der Waals surface area (Å²) in [5.74, 6) is 2.16. The molecule has 3 aromatic carbocycles. The first-order chi connectivity index (χ1) is 17.1. The fourth-order valence-corrected chi connectivity index (χ4v) is 5.84. The van der Waals surface area contributed by atoms with E-state index in [4.69, 9.17) is 9.47 Å². The summed E-state index contributed by atoms with van der Waals surface area (Å²) in [6.07, 6.45) is 3.66. The Hall–Kier alpha value is -3.05. The van der Waals surface area contributed by atoms with Crippen molar-refractivity contribution in [3.05, 3.63) is 70.8 Å². The minimum Gasteiger partial charge on any atom is -0.493 e. The van der Waals surface area contributed by atoms with Gasteiger partial charge in [0, 0.05) is 26.2 Å². The third-order valence-electron chi connectivity index (χ3n) is 7.79. The molecule has 2 aliphatic rings. The number of rotatable bonds is 6. The maximum atomic E-state index is 13.2. The fraction of sp³-hybridized carbons (Fsp3) is 0.433. The third-order valence-corrected chi connectivity index (χ3v) is 7.79. The molecule has 35 heavy (non-hydrogen) atoms. The van der Waals surface area contributed by atoms with Gasteiger partial charge in [-0.2, -0.15) is 0 Å². The van der Waals surface area contributed by atoms with E-state index in [1.165, 1.54) is 40.3 Å². The van der Waals surface area contributed by atoms with Crippen LogP contribution in [-0.4, -0.2) is 56.1 Å². The average Bonchev–Trinajstić information content (AvgIpc) is 3.03. The largest absolute Gasteiger partial charge is 0.493 e.